The normalized spacial score (nSPS) is 11.7. The number of benzene rings is 1. The quantitative estimate of drug-likeness (QED) is 0.417. The zero-order chi connectivity index (χ0) is 17.1. The average molecular weight is 321 g/mol. The van der Waals surface area contributed by atoms with Crippen LogP contribution in [0.25, 0.3) is 0 Å². The lowest BCUT2D eigenvalue weighted by atomic mass is 10.1. The summed E-state index contributed by atoms with van der Waals surface area (Å²) >= 11 is 0. The number of nitrogens with zero attached hydrogens (tertiary/aromatic N) is 1. The Hall–Kier alpha value is -1.75. The largest absolute Gasteiger partial charge is 0.491 e. The third-order valence-corrected chi connectivity index (χ3v) is 3.20. The third-order valence-electron chi connectivity index (χ3n) is 3.20. The van der Waals surface area contributed by atoms with Crippen molar-refractivity contribution in [2.24, 2.45) is 10.9 Å². The van der Waals surface area contributed by atoms with Crippen molar-refractivity contribution in [1.29, 1.82) is 0 Å². The number of aryl methyl sites for hydroxylation is 1. The Kier molecular flexibility index (Phi) is 9.14. The van der Waals surface area contributed by atoms with E-state index in [1.807, 2.05) is 0 Å². The minimum Gasteiger partial charge on any atom is -0.491 e. The molecule has 0 saturated heterocycles. The molecule has 0 aromatic heterocycles. The molecule has 23 heavy (non-hydrogen) atoms. The van der Waals surface area contributed by atoms with Gasteiger partial charge in [-0.3, -0.25) is 0 Å². The molecule has 0 aliphatic rings. The summed E-state index contributed by atoms with van der Waals surface area (Å²) in [5, 5.41) is 6.62. The first kappa shape index (κ1) is 19.3. The van der Waals surface area contributed by atoms with E-state index >= 15 is 0 Å². The maximum atomic E-state index is 5.81. The molecular weight excluding hydrogens is 290 g/mol. The zero-order valence-corrected chi connectivity index (χ0v) is 15.1. The van der Waals surface area contributed by atoms with Gasteiger partial charge in [0.1, 0.15) is 12.4 Å². The third kappa shape index (κ3) is 7.88. The molecule has 0 aliphatic carbocycles. The summed E-state index contributed by atoms with van der Waals surface area (Å²) in [6.45, 7) is 11.9. The summed E-state index contributed by atoms with van der Waals surface area (Å²) in [6, 6.07) is 6.21. The molecule has 0 spiro atoms. The second-order valence-electron chi connectivity index (χ2n) is 5.92. The van der Waals surface area contributed by atoms with Crippen LogP contribution in [0.5, 0.6) is 5.75 Å². The maximum absolute atomic E-state index is 5.81. The molecule has 5 nitrogen and oxygen atoms in total. The van der Waals surface area contributed by atoms with Gasteiger partial charge in [-0.15, -0.1) is 0 Å². The summed E-state index contributed by atoms with van der Waals surface area (Å²) < 4.78 is 10.9. The van der Waals surface area contributed by atoms with Crippen molar-refractivity contribution in [3.05, 3.63) is 29.3 Å². The van der Waals surface area contributed by atoms with Gasteiger partial charge in [0, 0.05) is 25.8 Å². The Labute approximate surface area is 140 Å². The summed E-state index contributed by atoms with van der Waals surface area (Å²) in [4.78, 5) is 4.66. The van der Waals surface area contributed by atoms with Gasteiger partial charge >= 0.3 is 0 Å². The Morgan fingerprint density at radius 3 is 2.65 bits per heavy atom. The summed E-state index contributed by atoms with van der Waals surface area (Å²) in [6.07, 6.45) is 0. The van der Waals surface area contributed by atoms with Crippen molar-refractivity contribution in [2.75, 3.05) is 33.4 Å². The molecule has 0 amide bonds. The molecule has 5 heteroatoms. The van der Waals surface area contributed by atoms with Crippen LogP contribution in [0, 0.1) is 12.8 Å². The monoisotopic (exact) mass is 321 g/mol. The summed E-state index contributed by atoms with van der Waals surface area (Å²) in [7, 11) is 1.67. The summed E-state index contributed by atoms with van der Waals surface area (Å²) in [5.41, 5.74) is 2.25. The van der Waals surface area contributed by atoms with Crippen LogP contribution >= 0.6 is 0 Å². The van der Waals surface area contributed by atoms with Crippen LogP contribution in [0.1, 0.15) is 31.9 Å². The molecule has 0 radical (unpaired) electrons. The van der Waals surface area contributed by atoms with Crippen LogP contribution < -0.4 is 15.4 Å². The molecule has 1 rings (SSSR count). The molecule has 0 aliphatic heterocycles. The van der Waals surface area contributed by atoms with Crippen LogP contribution in [0.2, 0.25) is 0 Å². The van der Waals surface area contributed by atoms with E-state index < -0.39 is 0 Å². The second kappa shape index (κ2) is 10.9. The molecule has 130 valence electrons. The molecule has 0 atom stereocenters. The van der Waals surface area contributed by atoms with E-state index in [2.05, 4.69) is 61.5 Å². The van der Waals surface area contributed by atoms with E-state index in [1.165, 1.54) is 5.56 Å². The average Bonchev–Trinajstić information content (AvgIpc) is 2.51. The van der Waals surface area contributed by atoms with E-state index in [0.29, 0.717) is 25.7 Å². The minimum atomic E-state index is 0.544. The number of hydrogen-bond acceptors (Lipinski definition) is 3. The van der Waals surface area contributed by atoms with Crippen molar-refractivity contribution in [3.8, 4) is 5.75 Å². The fourth-order valence-corrected chi connectivity index (χ4v) is 1.97. The van der Waals surface area contributed by atoms with Crippen molar-refractivity contribution in [2.45, 2.75) is 34.2 Å². The maximum Gasteiger partial charge on any atom is 0.191 e. The summed E-state index contributed by atoms with van der Waals surface area (Å²) in [5.74, 6) is 2.29. The molecule has 0 fully saturated rings. The highest BCUT2D eigenvalue weighted by Gasteiger charge is 2.05. The van der Waals surface area contributed by atoms with Crippen molar-refractivity contribution < 1.29 is 9.47 Å². The first-order valence-electron chi connectivity index (χ1n) is 8.30. The predicted molar refractivity (Wildman–Crippen MR) is 96.2 cm³/mol. The molecule has 1 aromatic carbocycles. The fraction of sp³-hybridized carbons (Fsp3) is 0.611. The number of guanidine groups is 1. The van der Waals surface area contributed by atoms with E-state index in [1.54, 1.807) is 7.11 Å². The molecular formula is C18H31N3O2. The van der Waals surface area contributed by atoms with Crippen LogP contribution in [0.15, 0.2) is 23.2 Å². The van der Waals surface area contributed by atoms with Gasteiger partial charge in [-0.2, -0.15) is 0 Å². The molecule has 1 aromatic rings. The Morgan fingerprint density at radius 2 is 2.00 bits per heavy atom. The molecule has 0 unspecified atom stereocenters. The Morgan fingerprint density at radius 1 is 1.22 bits per heavy atom. The number of nitrogens with one attached hydrogen (secondary N) is 2. The van der Waals surface area contributed by atoms with E-state index in [0.717, 1.165) is 30.4 Å². The lowest BCUT2D eigenvalue weighted by Gasteiger charge is -2.14. The predicted octanol–water partition coefficient (Wildman–Crippen LogP) is 2.73. The minimum absolute atomic E-state index is 0.544. The van der Waals surface area contributed by atoms with Gasteiger partial charge < -0.3 is 20.1 Å². The first-order chi connectivity index (χ1) is 11.1. The lowest BCUT2D eigenvalue weighted by molar-refractivity contribution is 0.145. The van der Waals surface area contributed by atoms with E-state index in [4.69, 9.17) is 9.47 Å². The number of rotatable bonds is 9. The van der Waals surface area contributed by atoms with Crippen LogP contribution in [0.3, 0.4) is 0 Å². The van der Waals surface area contributed by atoms with Gasteiger partial charge in [0.25, 0.3) is 0 Å². The lowest BCUT2D eigenvalue weighted by Crippen LogP contribution is -2.39. The first-order valence-corrected chi connectivity index (χ1v) is 8.30. The highest BCUT2D eigenvalue weighted by Crippen LogP contribution is 2.21. The Bertz CT molecular complexity index is 487. The van der Waals surface area contributed by atoms with Crippen LogP contribution in [0.4, 0.5) is 0 Å². The molecule has 0 heterocycles. The molecule has 0 bridgehead atoms. The van der Waals surface area contributed by atoms with Gasteiger partial charge in [0.15, 0.2) is 5.96 Å². The van der Waals surface area contributed by atoms with E-state index in [9.17, 15) is 0 Å². The van der Waals surface area contributed by atoms with E-state index in [-0.39, 0.29) is 0 Å². The van der Waals surface area contributed by atoms with Gasteiger partial charge in [-0.1, -0.05) is 26.0 Å². The van der Waals surface area contributed by atoms with Gasteiger partial charge in [0.2, 0.25) is 0 Å². The van der Waals surface area contributed by atoms with Crippen LogP contribution in [-0.2, 0) is 11.3 Å². The van der Waals surface area contributed by atoms with Crippen molar-refractivity contribution >= 4 is 5.96 Å². The van der Waals surface area contributed by atoms with Crippen molar-refractivity contribution in [3.63, 3.8) is 0 Å². The highest BCUT2D eigenvalue weighted by atomic mass is 16.5. The number of hydrogen-bond donors (Lipinski definition) is 2. The topological polar surface area (TPSA) is 54.9 Å². The second-order valence-corrected chi connectivity index (χ2v) is 5.92. The number of methoxy groups -OCH3 is 1. The highest BCUT2D eigenvalue weighted by molar-refractivity contribution is 5.79. The van der Waals surface area contributed by atoms with Gasteiger partial charge in [-0.25, -0.2) is 4.99 Å². The van der Waals surface area contributed by atoms with Gasteiger partial charge in [-0.05, 0) is 31.4 Å². The standard InChI is InChI=1S/C18H31N3O2/c1-6-19-18(20-12-14(2)3)21-13-16-8-7-15(4)11-17(16)23-10-9-22-5/h7-8,11,14H,6,9-10,12-13H2,1-5H3,(H2,19,20,21). The smallest absolute Gasteiger partial charge is 0.191 e. The number of ether oxygens (including phenoxy) is 2. The molecule has 2 N–H and O–H groups in total. The van der Waals surface area contributed by atoms with Crippen molar-refractivity contribution in [1.82, 2.24) is 10.6 Å². The SMILES string of the molecule is CCNC(=NCc1ccc(C)cc1OCCOC)NCC(C)C. The number of aliphatic imine (C=N–C) groups is 1. The zero-order valence-electron chi connectivity index (χ0n) is 15.1. The van der Waals surface area contributed by atoms with Crippen LogP contribution in [-0.4, -0.2) is 39.4 Å². The molecule has 0 saturated carbocycles. The fourth-order valence-electron chi connectivity index (χ4n) is 1.97. The van der Waals surface area contributed by atoms with Gasteiger partial charge in [0.05, 0.1) is 13.2 Å². The Balaban J connectivity index is 2.77.